The van der Waals surface area contributed by atoms with Gasteiger partial charge in [0.15, 0.2) is 0 Å². The van der Waals surface area contributed by atoms with Crippen molar-refractivity contribution in [3.05, 3.63) is 59.3 Å². The minimum absolute atomic E-state index is 0.00104. The van der Waals surface area contributed by atoms with Gasteiger partial charge in [-0.3, -0.25) is 0 Å². The smallest absolute Gasteiger partial charge is 0.132 e. The molecule has 0 atom stereocenters. The second-order valence-corrected chi connectivity index (χ2v) is 5.54. The third-order valence-electron chi connectivity index (χ3n) is 3.03. The van der Waals surface area contributed by atoms with Crippen molar-refractivity contribution in [3.63, 3.8) is 0 Å². The van der Waals surface area contributed by atoms with Crippen molar-refractivity contribution >= 4 is 53.9 Å². The lowest BCUT2D eigenvalue weighted by atomic mass is 10.1. The Morgan fingerprint density at radius 3 is 2.89 bits per heavy atom. The molecule has 19 heavy (non-hydrogen) atoms. The van der Waals surface area contributed by atoms with Crippen LogP contribution in [0.1, 0.15) is 6.85 Å². The molecule has 0 radical (unpaired) electrons. The van der Waals surface area contributed by atoms with Gasteiger partial charge in [0.1, 0.15) is 5.82 Å². The minimum Gasteiger partial charge on any atom is -0.206 e. The van der Waals surface area contributed by atoms with Crippen LogP contribution in [0.2, 0.25) is 5.02 Å². The molecule has 0 aliphatic rings. The van der Waals surface area contributed by atoms with Crippen LogP contribution in [0.3, 0.4) is 0 Å². The minimum atomic E-state index is -0.472. The summed E-state index contributed by atoms with van der Waals surface area (Å²) in [5.74, 6) is -0.472. The summed E-state index contributed by atoms with van der Waals surface area (Å²) in [5, 5.41) is 0.887. The monoisotopic (exact) mass is 291 g/mol. The molecule has 0 unspecified atom stereocenters. The van der Waals surface area contributed by atoms with Gasteiger partial charge in [-0.15, -0.1) is 11.3 Å². The van der Waals surface area contributed by atoms with Gasteiger partial charge in [-0.05, 0) is 28.9 Å². The number of rotatable bonds is 0. The van der Waals surface area contributed by atoms with Crippen LogP contribution in [0, 0.1) is 5.82 Å². The van der Waals surface area contributed by atoms with E-state index in [2.05, 4.69) is 0 Å². The van der Waals surface area contributed by atoms with Crippen LogP contribution >= 0.6 is 22.9 Å². The van der Waals surface area contributed by atoms with E-state index >= 15 is 0 Å². The second-order valence-electron chi connectivity index (χ2n) is 4.11. The Labute approximate surface area is 125 Å². The Kier molecular flexibility index (Phi) is 1.49. The molecule has 0 nitrogen and oxygen atoms in total. The van der Waals surface area contributed by atoms with E-state index in [1.807, 2.05) is 0 Å². The van der Waals surface area contributed by atoms with Crippen molar-refractivity contribution in [2.45, 2.75) is 0 Å². The van der Waals surface area contributed by atoms with Crippen LogP contribution in [-0.4, -0.2) is 0 Å². The summed E-state index contributed by atoms with van der Waals surface area (Å²) in [6.45, 7) is 0. The van der Waals surface area contributed by atoms with E-state index in [1.54, 1.807) is 12.1 Å². The fraction of sp³-hybridized carbons (Fsp3) is 0. The quantitative estimate of drug-likeness (QED) is 0.373. The van der Waals surface area contributed by atoms with Crippen molar-refractivity contribution in [2.24, 2.45) is 0 Å². The molecule has 0 spiro atoms. The number of fused-ring (bicyclic) bond motifs is 5. The fourth-order valence-electron chi connectivity index (χ4n) is 2.24. The molecule has 0 saturated carbocycles. The molecular formula is C16H8ClFS. The van der Waals surface area contributed by atoms with Gasteiger partial charge in [-0.25, -0.2) is 4.39 Å². The molecule has 0 N–H and O–H groups in total. The molecular weight excluding hydrogens is 279 g/mol. The van der Waals surface area contributed by atoms with E-state index in [9.17, 15) is 4.39 Å². The second kappa shape index (κ2) is 3.92. The van der Waals surface area contributed by atoms with Gasteiger partial charge in [0.25, 0.3) is 0 Å². The SMILES string of the molecule is [2H]c1c([2H])c([2H])c2c(c1[2H])c([2H])c(Cl)c1c2sc2cccc(F)c21. The molecule has 0 amide bonds. The van der Waals surface area contributed by atoms with Crippen LogP contribution in [0.5, 0.6) is 0 Å². The van der Waals surface area contributed by atoms with Gasteiger partial charge in [-0.1, -0.05) is 41.8 Å². The highest BCUT2D eigenvalue weighted by molar-refractivity contribution is 7.26. The highest BCUT2D eigenvalue weighted by Gasteiger charge is 2.14. The molecule has 1 heterocycles. The normalized spacial score (nSPS) is 15.4. The predicted octanol–water partition coefficient (Wildman–Crippen LogP) is 6.00. The summed E-state index contributed by atoms with van der Waals surface area (Å²) in [6, 6.07) is 3.04. The first-order chi connectivity index (χ1) is 11.3. The molecule has 0 aliphatic heterocycles. The van der Waals surface area contributed by atoms with Crippen molar-refractivity contribution in [3.8, 4) is 0 Å². The van der Waals surface area contributed by atoms with Crippen LogP contribution in [0.4, 0.5) is 4.39 Å². The zero-order valence-corrected chi connectivity index (χ0v) is 11.0. The standard InChI is InChI=1S/C16H8ClFS/c17-11-8-9-4-1-2-5-10(9)16-14(11)15-12(18)6-3-7-13(15)19-16/h1-8H/i1D,2D,4D,5D,8D. The predicted molar refractivity (Wildman–Crippen MR) is 81.8 cm³/mol. The maximum absolute atomic E-state index is 14.3. The topological polar surface area (TPSA) is 0 Å². The lowest BCUT2D eigenvalue weighted by Gasteiger charge is -2.02. The first kappa shape index (κ1) is 7.22. The molecule has 4 aromatic rings. The summed E-state index contributed by atoms with van der Waals surface area (Å²) in [6.07, 6.45) is 0. The maximum Gasteiger partial charge on any atom is 0.132 e. The summed E-state index contributed by atoms with van der Waals surface area (Å²) in [7, 11) is 0. The largest absolute Gasteiger partial charge is 0.206 e. The summed E-state index contributed by atoms with van der Waals surface area (Å²) < 4.78 is 55.6. The van der Waals surface area contributed by atoms with Crippen molar-refractivity contribution < 1.29 is 11.2 Å². The van der Waals surface area contributed by atoms with Gasteiger partial charge in [0, 0.05) is 20.2 Å². The molecule has 1 aromatic heterocycles. The Balaban J connectivity index is 2.45. The lowest BCUT2D eigenvalue weighted by Crippen LogP contribution is -1.77. The number of halogens is 2. The third kappa shape index (κ3) is 1.50. The number of hydrogen-bond acceptors (Lipinski definition) is 1. The molecule has 92 valence electrons. The maximum atomic E-state index is 14.3. The van der Waals surface area contributed by atoms with E-state index in [4.69, 9.17) is 18.5 Å². The average molecular weight is 292 g/mol. The van der Waals surface area contributed by atoms with Gasteiger partial charge < -0.3 is 0 Å². The van der Waals surface area contributed by atoms with E-state index in [0.717, 1.165) is 0 Å². The van der Waals surface area contributed by atoms with E-state index in [0.29, 0.717) is 14.8 Å². The average Bonchev–Trinajstić information content (AvgIpc) is 2.95. The Bertz CT molecular complexity index is 1180. The van der Waals surface area contributed by atoms with Crippen LogP contribution in [0.15, 0.2) is 48.4 Å². The molecule has 0 aliphatic carbocycles. The molecule has 4 rings (SSSR count). The first-order valence-corrected chi connectivity index (χ1v) is 6.72. The summed E-state index contributed by atoms with van der Waals surface area (Å²) in [4.78, 5) is 0. The van der Waals surface area contributed by atoms with E-state index < -0.39 is 11.9 Å². The highest BCUT2D eigenvalue weighted by atomic mass is 35.5. The first-order valence-electron chi connectivity index (χ1n) is 8.03. The third-order valence-corrected chi connectivity index (χ3v) is 4.49. The van der Waals surface area contributed by atoms with Crippen molar-refractivity contribution in [1.82, 2.24) is 0 Å². The molecule has 0 saturated heterocycles. The zero-order valence-electron chi connectivity index (χ0n) is 14.4. The summed E-state index contributed by atoms with van der Waals surface area (Å²) >= 11 is 7.52. The van der Waals surface area contributed by atoms with Crippen molar-refractivity contribution in [1.29, 1.82) is 0 Å². The van der Waals surface area contributed by atoms with Gasteiger partial charge in [0.05, 0.1) is 11.9 Å². The Morgan fingerprint density at radius 1 is 1.16 bits per heavy atom. The zero-order chi connectivity index (χ0) is 17.3. The molecule has 3 heteroatoms. The van der Waals surface area contributed by atoms with Gasteiger partial charge in [0.2, 0.25) is 0 Å². The Morgan fingerprint density at radius 2 is 2.00 bits per heavy atom. The fourth-order valence-corrected chi connectivity index (χ4v) is 3.81. The van der Waals surface area contributed by atoms with E-state index in [1.165, 1.54) is 17.4 Å². The summed E-state index contributed by atoms with van der Waals surface area (Å²) in [5.41, 5.74) is 0. The van der Waals surface area contributed by atoms with Crippen LogP contribution < -0.4 is 0 Å². The molecule has 3 aromatic carbocycles. The van der Waals surface area contributed by atoms with Crippen LogP contribution in [0.25, 0.3) is 30.9 Å². The van der Waals surface area contributed by atoms with E-state index in [-0.39, 0.29) is 45.4 Å². The van der Waals surface area contributed by atoms with Crippen molar-refractivity contribution in [2.75, 3.05) is 0 Å². The van der Waals surface area contributed by atoms with Gasteiger partial charge >= 0.3 is 0 Å². The van der Waals surface area contributed by atoms with Crippen LogP contribution in [-0.2, 0) is 0 Å². The number of hydrogen-bond donors (Lipinski definition) is 0. The Hall–Kier alpha value is -1.64. The number of benzene rings is 3. The van der Waals surface area contributed by atoms with Gasteiger partial charge in [-0.2, -0.15) is 0 Å². The highest BCUT2D eigenvalue weighted by Crippen LogP contribution is 2.43. The number of thiophene rings is 1. The molecule has 0 fully saturated rings. The molecule has 0 bridgehead atoms. The lowest BCUT2D eigenvalue weighted by molar-refractivity contribution is 0.641.